The van der Waals surface area contributed by atoms with E-state index in [1.165, 1.54) is 0 Å². The van der Waals surface area contributed by atoms with Crippen LogP contribution in [0, 0.1) is 6.92 Å². The Morgan fingerprint density at radius 3 is 2.59 bits per heavy atom. The van der Waals surface area contributed by atoms with Crippen LogP contribution in [0.3, 0.4) is 0 Å². The second-order valence-electron chi connectivity index (χ2n) is 5.59. The SMILES string of the molecule is CCCCc1nc(C)cc(COCc2ccccc2)c1CO. The molecule has 0 unspecified atom stereocenters. The number of unbranched alkanes of at least 4 members (excludes halogenated alkanes) is 1. The summed E-state index contributed by atoms with van der Waals surface area (Å²) in [6, 6.07) is 12.1. The van der Waals surface area contributed by atoms with Crippen molar-refractivity contribution in [1.29, 1.82) is 0 Å². The Balaban J connectivity index is 2.07. The maximum absolute atomic E-state index is 9.71. The third kappa shape index (κ3) is 4.65. The Morgan fingerprint density at radius 2 is 1.91 bits per heavy atom. The van der Waals surface area contributed by atoms with Crippen LogP contribution in [0.2, 0.25) is 0 Å². The van der Waals surface area contributed by atoms with E-state index < -0.39 is 0 Å². The number of nitrogens with zero attached hydrogens (tertiary/aromatic N) is 1. The molecule has 118 valence electrons. The molecule has 3 heteroatoms. The minimum absolute atomic E-state index is 0.0242. The predicted molar refractivity (Wildman–Crippen MR) is 88.4 cm³/mol. The third-order valence-corrected chi connectivity index (χ3v) is 3.72. The van der Waals surface area contributed by atoms with Crippen LogP contribution in [-0.2, 0) is 31.0 Å². The van der Waals surface area contributed by atoms with Gasteiger partial charge in [0.05, 0.1) is 19.8 Å². The van der Waals surface area contributed by atoms with E-state index in [0.29, 0.717) is 13.2 Å². The molecule has 0 aliphatic rings. The molecule has 0 saturated heterocycles. The second-order valence-corrected chi connectivity index (χ2v) is 5.59. The van der Waals surface area contributed by atoms with Gasteiger partial charge in [-0.2, -0.15) is 0 Å². The van der Waals surface area contributed by atoms with Crippen LogP contribution >= 0.6 is 0 Å². The maximum Gasteiger partial charge on any atom is 0.0726 e. The zero-order chi connectivity index (χ0) is 15.8. The minimum atomic E-state index is 0.0242. The quantitative estimate of drug-likeness (QED) is 0.802. The molecule has 0 aliphatic carbocycles. The average molecular weight is 299 g/mol. The van der Waals surface area contributed by atoms with Gasteiger partial charge in [0.25, 0.3) is 0 Å². The molecule has 0 bridgehead atoms. The monoisotopic (exact) mass is 299 g/mol. The Kier molecular flexibility index (Phi) is 6.56. The van der Waals surface area contributed by atoms with Crippen molar-refractivity contribution in [2.75, 3.05) is 0 Å². The molecule has 0 amide bonds. The van der Waals surface area contributed by atoms with E-state index >= 15 is 0 Å². The van der Waals surface area contributed by atoms with Crippen molar-refractivity contribution < 1.29 is 9.84 Å². The predicted octanol–water partition coefficient (Wildman–Crippen LogP) is 3.94. The van der Waals surface area contributed by atoms with Gasteiger partial charge >= 0.3 is 0 Å². The summed E-state index contributed by atoms with van der Waals surface area (Å²) >= 11 is 0. The smallest absolute Gasteiger partial charge is 0.0726 e. The van der Waals surface area contributed by atoms with Gasteiger partial charge < -0.3 is 9.84 Å². The van der Waals surface area contributed by atoms with Gasteiger partial charge in [-0.25, -0.2) is 0 Å². The van der Waals surface area contributed by atoms with Gasteiger partial charge in [0, 0.05) is 17.0 Å². The van der Waals surface area contributed by atoms with Crippen LogP contribution < -0.4 is 0 Å². The summed E-state index contributed by atoms with van der Waals surface area (Å²) in [4.78, 5) is 4.59. The molecule has 0 aliphatic heterocycles. The van der Waals surface area contributed by atoms with Crippen molar-refractivity contribution >= 4 is 0 Å². The lowest BCUT2D eigenvalue weighted by atomic mass is 10.0. The van der Waals surface area contributed by atoms with E-state index in [-0.39, 0.29) is 6.61 Å². The number of benzene rings is 1. The summed E-state index contributed by atoms with van der Waals surface area (Å²) in [5.74, 6) is 0. The first-order chi connectivity index (χ1) is 10.7. The number of pyridine rings is 1. The molecular formula is C19H25NO2. The Labute approximate surface area is 133 Å². The lowest BCUT2D eigenvalue weighted by Gasteiger charge is -2.14. The molecular weight excluding hydrogens is 274 g/mol. The highest BCUT2D eigenvalue weighted by Gasteiger charge is 2.11. The largest absolute Gasteiger partial charge is 0.392 e. The molecule has 0 atom stereocenters. The number of aliphatic hydroxyl groups excluding tert-OH is 1. The van der Waals surface area contributed by atoms with Gasteiger partial charge in [0.1, 0.15) is 0 Å². The molecule has 0 fully saturated rings. The number of hydrogen-bond donors (Lipinski definition) is 1. The van der Waals surface area contributed by atoms with Gasteiger partial charge in [-0.05, 0) is 37.0 Å². The van der Waals surface area contributed by atoms with E-state index in [0.717, 1.165) is 47.3 Å². The summed E-state index contributed by atoms with van der Waals surface area (Å²) in [5.41, 5.74) is 5.15. The fraction of sp³-hybridized carbons (Fsp3) is 0.421. The van der Waals surface area contributed by atoms with Crippen molar-refractivity contribution in [2.45, 2.75) is 52.9 Å². The highest BCUT2D eigenvalue weighted by molar-refractivity contribution is 5.32. The van der Waals surface area contributed by atoms with Crippen LogP contribution in [-0.4, -0.2) is 10.1 Å². The lowest BCUT2D eigenvalue weighted by Crippen LogP contribution is -2.07. The maximum atomic E-state index is 9.71. The summed E-state index contributed by atoms with van der Waals surface area (Å²) in [7, 11) is 0. The van der Waals surface area contributed by atoms with Crippen LogP contribution in [0.4, 0.5) is 0 Å². The fourth-order valence-corrected chi connectivity index (χ4v) is 2.56. The number of hydrogen-bond acceptors (Lipinski definition) is 3. The lowest BCUT2D eigenvalue weighted by molar-refractivity contribution is 0.105. The molecule has 2 aromatic rings. The molecule has 1 aromatic heterocycles. The van der Waals surface area contributed by atoms with Gasteiger partial charge in [-0.3, -0.25) is 4.98 Å². The number of aromatic nitrogens is 1. The van der Waals surface area contributed by atoms with Crippen molar-refractivity contribution in [3.63, 3.8) is 0 Å². The van der Waals surface area contributed by atoms with Crippen LogP contribution in [0.1, 0.15) is 47.8 Å². The van der Waals surface area contributed by atoms with Gasteiger partial charge in [-0.1, -0.05) is 43.7 Å². The van der Waals surface area contributed by atoms with Gasteiger partial charge in [0.2, 0.25) is 0 Å². The van der Waals surface area contributed by atoms with Crippen molar-refractivity contribution in [1.82, 2.24) is 4.98 Å². The number of rotatable bonds is 8. The zero-order valence-electron chi connectivity index (χ0n) is 13.5. The average Bonchev–Trinajstić information content (AvgIpc) is 2.53. The molecule has 0 radical (unpaired) electrons. The summed E-state index contributed by atoms with van der Waals surface area (Å²) in [6.45, 7) is 5.27. The van der Waals surface area contributed by atoms with Crippen molar-refractivity contribution in [3.05, 3.63) is 64.5 Å². The fourth-order valence-electron chi connectivity index (χ4n) is 2.56. The summed E-state index contributed by atoms with van der Waals surface area (Å²) in [5, 5.41) is 9.71. The van der Waals surface area contributed by atoms with E-state index in [1.54, 1.807) is 0 Å². The first-order valence-electron chi connectivity index (χ1n) is 7.95. The zero-order valence-corrected chi connectivity index (χ0v) is 13.5. The van der Waals surface area contributed by atoms with E-state index in [4.69, 9.17) is 4.74 Å². The van der Waals surface area contributed by atoms with Gasteiger partial charge in [-0.15, -0.1) is 0 Å². The number of aliphatic hydroxyl groups is 1. The minimum Gasteiger partial charge on any atom is -0.392 e. The molecule has 0 saturated carbocycles. The Hall–Kier alpha value is -1.71. The molecule has 1 aromatic carbocycles. The van der Waals surface area contributed by atoms with Crippen molar-refractivity contribution in [2.24, 2.45) is 0 Å². The highest BCUT2D eigenvalue weighted by Crippen LogP contribution is 2.19. The number of ether oxygens (including phenoxy) is 1. The van der Waals surface area contributed by atoms with Crippen molar-refractivity contribution in [3.8, 4) is 0 Å². The Bertz CT molecular complexity index is 581. The van der Waals surface area contributed by atoms with Gasteiger partial charge in [0.15, 0.2) is 0 Å². The van der Waals surface area contributed by atoms with Crippen LogP contribution in [0.15, 0.2) is 36.4 Å². The highest BCUT2D eigenvalue weighted by atomic mass is 16.5. The normalized spacial score (nSPS) is 10.9. The molecule has 0 spiro atoms. The topological polar surface area (TPSA) is 42.4 Å². The molecule has 1 N–H and O–H groups in total. The van der Waals surface area contributed by atoms with Crippen LogP contribution in [0.5, 0.6) is 0 Å². The third-order valence-electron chi connectivity index (χ3n) is 3.72. The molecule has 3 nitrogen and oxygen atoms in total. The molecule has 1 heterocycles. The molecule has 22 heavy (non-hydrogen) atoms. The second kappa shape index (κ2) is 8.66. The number of aryl methyl sites for hydroxylation is 2. The first-order valence-corrected chi connectivity index (χ1v) is 7.95. The van der Waals surface area contributed by atoms with E-state index in [1.807, 2.05) is 31.2 Å². The summed E-state index contributed by atoms with van der Waals surface area (Å²) < 4.78 is 5.82. The van der Waals surface area contributed by atoms with E-state index in [9.17, 15) is 5.11 Å². The summed E-state index contributed by atoms with van der Waals surface area (Å²) in [6.07, 6.45) is 3.13. The Morgan fingerprint density at radius 1 is 1.14 bits per heavy atom. The molecule has 2 rings (SSSR count). The standard InChI is InChI=1S/C19H25NO2/c1-3-4-10-19-18(12-21)17(11-15(2)20-19)14-22-13-16-8-6-5-7-9-16/h5-9,11,21H,3-4,10,12-14H2,1-2H3. The first kappa shape index (κ1) is 16.7. The van der Waals surface area contributed by atoms with E-state index in [2.05, 4.69) is 24.0 Å². The van der Waals surface area contributed by atoms with Crippen LogP contribution in [0.25, 0.3) is 0 Å².